The van der Waals surface area contributed by atoms with E-state index in [0.717, 1.165) is 13.0 Å². The van der Waals surface area contributed by atoms with E-state index >= 15 is 0 Å². The Balaban J connectivity index is 2.49. The van der Waals surface area contributed by atoms with Gasteiger partial charge in [0.25, 0.3) is 0 Å². The topological polar surface area (TPSA) is 41.6 Å². The molecule has 0 unspecified atom stereocenters. The number of ether oxygens (including phenoxy) is 1. The standard InChI is InChI=1S/C16H32N2O2/c1-15(2,3)13(9-12-18-10-7-8-11-18)17-14(19)20-16(4,5)6/h13H,7-12H2,1-6H3,(H,17,19)/t13-/m1/s1. The van der Waals surface area contributed by atoms with Crippen molar-refractivity contribution < 1.29 is 9.53 Å². The van der Waals surface area contributed by atoms with E-state index in [1.807, 2.05) is 20.8 Å². The Kier molecular flexibility index (Phi) is 5.87. The lowest BCUT2D eigenvalue weighted by atomic mass is 9.85. The molecule has 0 bridgehead atoms. The summed E-state index contributed by atoms with van der Waals surface area (Å²) in [6, 6.07) is 0.137. The van der Waals surface area contributed by atoms with Crippen LogP contribution in [0.25, 0.3) is 0 Å². The van der Waals surface area contributed by atoms with Gasteiger partial charge >= 0.3 is 6.09 Å². The van der Waals surface area contributed by atoms with Crippen molar-refractivity contribution in [2.24, 2.45) is 5.41 Å². The third kappa shape index (κ3) is 6.60. The van der Waals surface area contributed by atoms with Crippen LogP contribution in [0.4, 0.5) is 4.79 Å². The molecule has 0 spiro atoms. The molecule has 118 valence electrons. The quantitative estimate of drug-likeness (QED) is 0.860. The zero-order valence-corrected chi connectivity index (χ0v) is 14.1. The Labute approximate surface area is 124 Å². The number of amides is 1. The van der Waals surface area contributed by atoms with Crippen molar-refractivity contribution in [2.45, 2.75) is 72.4 Å². The van der Waals surface area contributed by atoms with E-state index in [1.54, 1.807) is 0 Å². The van der Waals surface area contributed by atoms with Crippen molar-refractivity contribution in [1.82, 2.24) is 10.2 Å². The number of carbonyl (C=O) groups excluding carboxylic acids is 1. The predicted octanol–water partition coefficient (Wildman–Crippen LogP) is 3.41. The number of hydrogen-bond acceptors (Lipinski definition) is 3. The van der Waals surface area contributed by atoms with Gasteiger partial charge in [0.2, 0.25) is 0 Å². The van der Waals surface area contributed by atoms with Crippen molar-refractivity contribution in [2.75, 3.05) is 19.6 Å². The second-order valence-electron chi connectivity index (χ2n) is 7.90. The molecule has 20 heavy (non-hydrogen) atoms. The minimum atomic E-state index is -0.443. The summed E-state index contributed by atoms with van der Waals surface area (Å²) < 4.78 is 5.37. The van der Waals surface area contributed by atoms with Crippen LogP contribution in [0.15, 0.2) is 0 Å². The van der Waals surface area contributed by atoms with Gasteiger partial charge in [0.1, 0.15) is 5.60 Å². The molecule has 1 N–H and O–H groups in total. The molecule has 0 aliphatic carbocycles. The Morgan fingerprint density at radius 1 is 1.15 bits per heavy atom. The van der Waals surface area contributed by atoms with Crippen LogP contribution < -0.4 is 5.32 Å². The second kappa shape index (κ2) is 6.79. The molecule has 1 rings (SSSR count). The fourth-order valence-electron chi connectivity index (χ4n) is 2.49. The van der Waals surface area contributed by atoms with Crippen LogP contribution >= 0.6 is 0 Å². The van der Waals surface area contributed by atoms with Gasteiger partial charge in [-0.25, -0.2) is 4.79 Å². The summed E-state index contributed by atoms with van der Waals surface area (Å²) in [6.45, 7) is 15.6. The molecule has 0 aromatic rings. The normalized spacial score (nSPS) is 18.9. The summed E-state index contributed by atoms with van der Waals surface area (Å²) in [6.07, 6.45) is 3.28. The van der Waals surface area contributed by atoms with Crippen molar-refractivity contribution >= 4 is 6.09 Å². The van der Waals surface area contributed by atoms with Crippen molar-refractivity contribution in [3.63, 3.8) is 0 Å². The Hall–Kier alpha value is -0.770. The summed E-state index contributed by atoms with van der Waals surface area (Å²) in [7, 11) is 0. The van der Waals surface area contributed by atoms with E-state index in [4.69, 9.17) is 4.74 Å². The van der Waals surface area contributed by atoms with Gasteiger partial charge in [-0.05, 0) is 58.5 Å². The molecule has 1 saturated heterocycles. The maximum Gasteiger partial charge on any atom is 0.407 e. The number of nitrogens with one attached hydrogen (secondary N) is 1. The van der Waals surface area contributed by atoms with E-state index in [1.165, 1.54) is 25.9 Å². The first-order chi connectivity index (χ1) is 9.08. The Morgan fingerprint density at radius 3 is 2.15 bits per heavy atom. The van der Waals surface area contributed by atoms with Crippen LogP contribution in [0.1, 0.15) is 60.8 Å². The van der Waals surface area contributed by atoms with Crippen molar-refractivity contribution in [1.29, 1.82) is 0 Å². The molecule has 0 aromatic heterocycles. The van der Waals surface area contributed by atoms with Crippen LogP contribution in [0.5, 0.6) is 0 Å². The molecule has 0 aromatic carbocycles. The Bertz CT molecular complexity index is 309. The van der Waals surface area contributed by atoms with Crippen molar-refractivity contribution in [3.8, 4) is 0 Å². The molecular formula is C16H32N2O2. The largest absolute Gasteiger partial charge is 0.444 e. The first kappa shape index (κ1) is 17.3. The molecule has 0 radical (unpaired) electrons. The van der Waals surface area contributed by atoms with Gasteiger partial charge in [-0.2, -0.15) is 0 Å². The lowest BCUT2D eigenvalue weighted by Crippen LogP contribution is -2.47. The number of rotatable bonds is 4. The third-order valence-corrected chi connectivity index (χ3v) is 3.67. The first-order valence-corrected chi connectivity index (χ1v) is 7.80. The first-order valence-electron chi connectivity index (χ1n) is 7.80. The van der Waals surface area contributed by atoms with E-state index in [2.05, 4.69) is 31.0 Å². The zero-order chi connectivity index (χ0) is 15.4. The van der Waals surface area contributed by atoms with Crippen LogP contribution in [-0.4, -0.2) is 42.3 Å². The monoisotopic (exact) mass is 284 g/mol. The number of hydrogen-bond donors (Lipinski definition) is 1. The summed E-state index contributed by atoms with van der Waals surface area (Å²) in [5, 5.41) is 3.05. The fraction of sp³-hybridized carbons (Fsp3) is 0.938. The maximum absolute atomic E-state index is 12.0. The number of alkyl carbamates (subject to hydrolysis) is 1. The molecule has 4 nitrogen and oxygen atoms in total. The van der Waals surface area contributed by atoms with Crippen molar-refractivity contribution in [3.05, 3.63) is 0 Å². The van der Waals surface area contributed by atoms with E-state index in [-0.39, 0.29) is 17.6 Å². The molecule has 1 aliphatic heterocycles. The lowest BCUT2D eigenvalue weighted by molar-refractivity contribution is 0.0454. The minimum absolute atomic E-state index is 0.0383. The van der Waals surface area contributed by atoms with Gasteiger partial charge in [-0.1, -0.05) is 20.8 Å². The highest BCUT2D eigenvalue weighted by molar-refractivity contribution is 5.68. The van der Waals surface area contributed by atoms with Crippen LogP contribution in [0.3, 0.4) is 0 Å². The average molecular weight is 284 g/mol. The Morgan fingerprint density at radius 2 is 1.70 bits per heavy atom. The zero-order valence-electron chi connectivity index (χ0n) is 14.1. The van der Waals surface area contributed by atoms with Crippen LogP contribution in [0.2, 0.25) is 0 Å². The molecular weight excluding hydrogens is 252 g/mol. The average Bonchev–Trinajstić information content (AvgIpc) is 2.72. The minimum Gasteiger partial charge on any atom is -0.444 e. The van der Waals surface area contributed by atoms with Gasteiger partial charge in [0.05, 0.1) is 0 Å². The van der Waals surface area contributed by atoms with E-state index in [9.17, 15) is 4.79 Å². The fourth-order valence-corrected chi connectivity index (χ4v) is 2.49. The van der Waals surface area contributed by atoms with Gasteiger partial charge < -0.3 is 15.0 Å². The summed E-state index contributed by atoms with van der Waals surface area (Å²) in [5.41, 5.74) is -0.405. The maximum atomic E-state index is 12.0. The predicted molar refractivity (Wildman–Crippen MR) is 82.9 cm³/mol. The van der Waals surface area contributed by atoms with Crippen LogP contribution in [-0.2, 0) is 4.74 Å². The number of nitrogens with zero attached hydrogens (tertiary/aromatic N) is 1. The van der Waals surface area contributed by atoms with Gasteiger partial charge in [0.15, 0.2) is 0 Å². The van der Waals surface area contributed by atoms with E-state index < -0.39 is 5.60 Å². The van der Waals surface area contributed by atoms with Gasteiger partial charge in [-0.3, -0.25) is 0 Å². The number of carbonyl (C=O) groups is 1. The summed E-state index contributed by atoms with van der Waals surface area (Å²) in [4.78, 5) is 14.4. The molecule has 1 fully saturated rings. The SMILES string of the molecule is CC(C)(C)OC(=O)N[C@H](CCN1CCCC1)C(C)(C)C. The molecule has 1 atom stereocenters. The lowest BCUT2D eigenvalue weighted by Gasteiger charge is -2.33. The third-order valence-electron chi connectivity index (χ3n) is 3.67. The molecule has 0 saturated carbocycles. The highest BCUT2D eigenvalue weighted by Crippen LogP contribution is 2.23. The number of likely N-dealkylation sites (tertiary alicyclic amines) is 1. The molecule has 1 heterocycles. The molecule has 1 amide bonds. The van der Waals surface area contributed by atoms with E-state index in [0.29, 0.717) is 0 Å². The summed E-state index contributed by atoms with van der Waals surface area (Å²) in [5.74, 6) is 0. The smallest absolute Gasteiger partial charge is 0.407 e. The van der Waals surface area contributed by atoms with Gasteiger partial charge in [-0.15, -0.1) is 0 Å². The van der Waals surface area contributed by atoms with Gasteiger partial charge in [0, 0.05) is 12.6 Å². The molecule has 1 aliphatic rings. The highest BCUT2D eigenvalue weighted by Gasteiger charge is 2.28. The summed E-state index contributed by atoms with van der Waals surface area (Å²) >= 11 is 0. The molecule has 4 heteroatoms. The van der Waals surface area contributed by atoms with Crippen LogP contribution in [0, 0.1) is 5.41 Å². The highest BCUT2D eigenvalue weighted by atomic mass is 16.6. The second-order valence-corrected chi connectivity index (χ2v) is 7.90.